The number of thiol groups is 1. The second-order valence-corrected chi connectivity index (χ2v) is 4.14. The second kappa shape index (κ2) is 5.01. The Morgan fingerprint density at radius 2 is 1.72 bits per heavy atom. The Bertz CT molecular complexity index is 611. The van der Waals surface area contributed by atoms with Crippen LogP contribution in [0.4, 0.5) is 5.69 Å². The van der Waals surface area contributed by atoms with Crippen molar-refractivity contribution in [3.8, 4) is 0 Å². The molecule has 2 aromatic rings. The summed E-state index contributed by atoms with van der Waals surface area (Å²) < 4.78 is 0. The van der Waals surface area contributed by atoms with E-state index in [1.807, 2.05) is 0 Å². The summed E-state index contributed by atoms with van der Waals surface area (Å²) in [4.78, 5) is 22.6. The van der Waals surface area contributed by atoms with Crippen LogP contribution in [0.1, 0.15) is 15.9 Å². The largest absolute Gasteiger partial charge is 0.289 e. The van der Waals surface area contributed by atoms with Crippen molar-refractivity contribution in [3.63, 3.8) is 0 Å². The third kappa shape index (κ3) is 2.41. The number of nitro benzene ring substituents is 1. The monoisotopic (exact) mass is 259 g/mol. The average Bonchev–Trinajstić information content (AvgIpc) is 2.39. The van der Waals surface area contributed by atoms with Gasteiger partial charge in [0.25, 0.3) is 5.69 Å². The molecule has 0 aromatic heterocycles. The van der Waals surface area contributed by atoms with E-state index in [1.165, 1.54) is 18.2 Å². The number of rotatable bonds is 3. The molecule has 5 heteroatoms. The molecule has 0 bridgehead atoms. The normalized spacial score (nSPS) is 10.1. The van der Waals surface area contributed by atoms with Gasteiger partial charge in [-0.25, -0.2) is 0 Å². The third-order valence-electron chi connectivity index (χ3n) is 2.47. The molecule has 0 aliphatic heterocycles. The summed E-state index contributed by atoms with van der Waals surface area (Å²) in [6.45, 7) is 0. The summed E-state index contributed by atoms with van der Waals surface area (Å²) in [6, 6.07) is 12.9. The summed E-state index contributed by atoms with van der Waals surface area (Å²) in [5, 5.41) is 10.8. The van der Waals surface area contributed by atoms with Crippen molar-refractivity contribution in [1.29, 1.82) is 0 Å². The van der Waals surface area contributed by atoms with E-state index in [-0.39, 0.29) is 21.9 Å². The zero-order chi connectivity index (χ0) is 13.1. The van der Waals surface area contributed by atoms with Crippen molar-refractivity contribution >= 4 is 24.1 Å². The number of ketones is 1. The van der Waals surface area contributed by atoms with Gasteiger partial charge in [0.15, 0.2) is 5.78 Å². The molecule has 0 aliphatic carbocycles. The zero-order valence-corrected chi connectivity index (χ0v) is 10.1. The number of hydrogen-bond acceptors (Lipinski definition) is 4. The maximum atomic E-state index is 12.1. The van der Waals surface area contributed by atoms with Crippen LogP contribution in [0.5, 0.6) is 0 Å². The number of nitrogens with zero attached hydrogens (tertiary/aromatic N) is 1. The molecule has 0 fully saturated rings. The molecule has 0 unspecified atom stereocenters. The predicted molar refractivity (Wildman–Crippen MR) is 70.2 cm³/mol. The molecule has 0 saturated carbocycles. The Balaban J connectivity index is 2.44. The van der Waals surface area contributed by atoms with Crippen LogP contribution in [0.25, 0.3) is 0 Å². The Hall–Kier alpha value is -2.14. The lowest BCUT2D eigenvalue weighted by atomic mass is 10.0. The number of benzene rings is 2. The second-order valence-electron chi connectivity index (χ2n) is 3.66. The maximum absolute atomic E-state index is 12.1. The lowest BCUT2D eigenvalue weighted by molar-refractivity contribution is -0.387. The van der Waals surface area contributed by atoms with Gasteiger partial charge >= 0.3 is 0 Å². The molecule has 2 aromatic carbocycles. The Labute approximate surface area is 109 Å². The number of hydrogen-bond donors (Lipinski definition) is 1. The molecule has 4 nitrogen and oxygen atoms in total. The van der Waals surface area contributed by atoms with E-state index < -0.39 is 4.92 Å². The maximum Gasteiger partial charge on any atom is 0.283 e. The molecular formula is C13H9NO3S. The lowest BCUT2D eigenvalue weighted by Crippen LogP contribution is -2.02. The first-order chi connectivity index (χ1) is 8.59. The van der Waals surface area contributed by atoms with Gasteiger partial charge in [-0.05, 0) is 12.1 Å². The first-order valence-corrected chi connectivity index (χ1v) is 5.61. The van der Waals surface area contributed by atoms with Gasteiger partial charge in [-0.3, -0.25) is 14.9 Å². The Morgan fingerprint density at radius 3 is 2.33 bits per heavy atom. The van der Waals surface area contributed by atoms with E-state index in [4.69, 9.17) is 0 Å². The van der Waals surface area contributed by atoms with Crippen molar-refractivity contribution in [2.45, 2.75) is 4.90 Å². The minimum Gasteiger partial charge on any atom is -0.289 e. The van der Waals surface area contributed by atoms with Crippen LogP contribution in [-0.2, 0) is 0 Å². The van der Waals surface area contributed by atoms with Gasteiger partial charge in [-0.15, -0.1) is 12.6 Å². The minimum atomic E-state index is -0.551. The van der Waals surface area contributed by atoms with Crippen LogP contribution in [0.3, 0.4) is 0 Å². The molecule has 18 heavy (non-hydrogen) atoms. The van der Waals surface area contributed by atoms with Crippen LogP contribution in [0.2, 0.25) is 0 Å². The average molecular weight is 259 g/mol. The summed E-state index contributed by atoms with van der Waals surface area (Å²) in [7, 11) is 0. The van der Waals surface area contributed by atoms with Gasteiger partial charge in [0.05, 0.1) is 9.82 Å². The van der Waals surface area contributed by atoms with Crippen molar-refractivity contribution in [2.75, 3.05) is 0 Å². The highest BCUT2D eigenvalue weighted by Crippen LogP contribution is 2.24. The van der Waals surface area contributed by atoms with Crippen molar-refractivity contribution in [1.82, 2.24) is 0 Å². The fourth-order valence-electron chi connectivity index (χ4n) is 1.57. The highest BCUT2D eigenvalue weighted by atomic mass is 32.1. The van der Waals surface area contributed by atoms with Gasteiger partial charge in [0.2, 0.25) is 0 Å². The summed E-state index contributed by atoms with van der Waals surface area (Å²) in [6.07, 6.45) is 0. The zero-order valence-electron chi connectivity index (χ0n) is 9.24. The topological polar surface area (TPSA) is 60.2 Å². The number of carbonyl (C=O) groups excluding carboxylic acids is 1. The SMILES string of the molecule is O=C(c1ccccc1)c1ccc(S)c([N+](=O)[O-])c1. The highest BCUT2D eigenvalue weighted by Gasteiger charge is 2.16. The molecule has 0 N–H and O–H groups in total. The fraction of sp³-hybridized carbons (Fsp3) is 0. The van der Waals surface area contributed by atoms with Gasteiger partial charge in [0, 0.05) is 17.2 Å². The summed E-state index contributed by atoms with van der Waals surface area (Å²) >= 11 is 3.99. The van der Waals surface area contributed by atoms with E-state index in [2.05, 4.69) is 12.6 Å². The Kier molecular flexibility index (Phi) is 3.43. The molecule has 0 aliphatic rings. The van der Waals surface area contributed by atoms with Gasteiger partial charge in [-0.1, -0.05) is 30.3 Å². The third-order valence-corrected chi connectivity index (χ3v) is 2.85. The van der Waals surface area contributed by atoms with E-state index in [0.717, 1.165) is 0 Å². The first kappa shape index (κ1) is 12.3. The molecule has 0 saturated heterocycles. The van der Waals surface area contributed by atoms with Crippen LogP contribution >= 0.6 is 12.6 Å². The predicted octanol–water partition coefficient (Wildman–Crippen LogP) is 3.11. The summed E-state index contributed by atoms with van der Waals surface area (Å²) in [5.41, 5.74) is 0.615. The smallest absolute Gasteiger partial charge is 0.283 e. The van der Waals surface area contributed by atoms with Crippen molar-refractivity contribution in [2.24, 2.45) is 0 Å². The Morgan fingerprint density at radius 1 is 1.06 bits per heavy atom. The van der Waals surface area contributed by atoms with Gasteiger partial charge < -0.3 is 0 Å². The summed E-state index contributed by atoms with van der Waals surface area (Å²) in [5.74, 6) is -0.243. The van der Waals surface area contributed by atoms with Gasteiger partial charge in [0.1, 0.15) is 0 Å². The van der Waals surface area contributed by atoms with Crippen LogP contribution < -0.4 is 0 Å². The molecule has 0 amide bonds. The van der Waals surface area contributed by atoms with E-state index in [1.54, 1.807) is 30.3 Å². The lowest BCUT2D eigenvalue weighted by Gasteiger charge is -2.02. The minimum absolute atomic E-state index is 0.167. The van der Waals surface area contributed by atoms with E-state index >= 15 is 0 Å². The molecule has 0 atom stereocenters. The highest BCUT2D eigenvalue weighted by molar-refractivity contribution is 7.80. The first-order valence-electron chi connectivity index (χ1n) is 5.17. The molecule has 0 radical (unpaired) electrons. The van der Waals surface area contributed by atoms with Crippen molar-refractivity contribution in [3.05, 3.63) is 69.8 Å². The quantitative estimate of drug-likeness (QED) is 0.399. The van der Waals surface area contributed by atoms with Crippen molar-refractivity contribution < 1.29 is 9.72 Å². The van der Waals surface area contributed by atoms with E-state index in [0.29, 0.717) is 5.56 Å². The molecule has 0 heterocycles. The fourth-order valence-corrected chi connectivity index (χ4v) is 1.79. The molecule has 2 rings (SSSR count). The standard InChI is InChI=1S/C13H9NO3S/c15-13(9-4-2-1-3-5-9)10-6-7-12(18)11(8-10)14(16)17/h1-8,18H. The van der Waals surface area contributed by atoms with Gasteiger partial charge in [-0.2, -0.15) is 0 Å². The number of carbonyl (C=O) groups is 1. The number of nitro groups is 1. The molecular weight excluding hydrogens is 250 g/mol. The molecule has 0 spiro atoms. The van der Waals surface area contributed by atoms with Crippen LogP contribution in [0, 0.1) is 10.1 Å². The van der Waals surface area contributed by atoms with E-state index in [9.17, 15) is 14.9 Å². The van der Waals surface area contributed by atoms with Crippen LogP contribution in [0.15, 0.2) is 53.4 Å². The van der Waals surface area contributed by atoms with Crippen LogP contribution in [-0.4, -0.2) is 10.7 Å². The molecule has 90 valence electrons.